The Labute approximate surface area is 187 Å². The van der Waals surface area contributed by atoms with E-state index in [0.29, 0.717) is 6.42 Å². The highest BCUT2D eigenvalue weighted by Gasteiger charge is 2.27. The molecule has 2 aliphatic rings. The third kappa shape index (κ3) is 5.46. The predicted molar refractivity (Wildman–Crippen MR) is 123 cm³/mol. The molecule has 0 aliphatic carbocycles. The van der Waals surface area contributed by atoms with Crippen LogP contribution in [0.1, 0.15) is 37.7 Å². The number of carbonyl (C=O) groups excluding carboxylic acids is 1. The molecule has 2 heterocycles. The van der Waals surface area contributed by atoms with Crippen LogP contribution in [-0.2, 0) is 9.53 Å². The normalized spacial score (nSPS) is 24.2. The van der Waals surface area contributed by atoms with Crippen molar-refractivity contribution in [2.24, 2.45) is 0 Å². The lowest BCUT2D eigenvalue weighted by molar-refractivity contribution is -0.187. The van der Waals surface area contributed by atoms with E-state index in [-0.39, 0.29) is 18.5 Å². The van der Waals surface area contributed by atoms with Crippen LogP contribution in [0, 0.1) is 11.3 Å². The second-order valence-electron chi connectivity index (χ2n) is 8.56. The van der Waals surface area contributed by atoms with Crippen molar-refractivity contribution in [1.29, 1.82) is 5.26 Å². The molecule has 7 heteroatoms. The summed E-state index contributed by atoms with van der Waals surface area (Å²) < 4.78 is 5.32. The largest absolute Gasteiger partial charge is 0.393 e. The first kappa shape index (κ1) is 22.3. The van der Waals surface area contributed by atoms with E-state index in [9.17, 15) is 20.3 Å². The van der Waals surface area contributed by atoms with Crippen LogP contribution in [0.2, 0.25) is 0 Å². The topological polar surface area (TPSA) is 106 Å². The van der Waals surface area contributed by atoms with E-state index in [1.54, 1.807) is 6.08 Å². The van der Waals surface area contributed by atoms with Gasteiger partial charge in [0.25, 0.3) is 5.91 Å². The lowest BCUT2D eigenvalue weighted by Crippen LogP contribution is -2.42. The fraction of sp³-hybridized carbons (Fsp3) is 0.440. The second-order valence-corrected chi connectivity index (χ2v) is 8.56. The van der Waals surface area contributed by atoms with Gasteiger partial charge < -0.3 is 25.2 Å². The zero-order chi connectivity index (χ0) is 22.5. The molecule has 1 amide bonds. The number of nitrogens with one attached hydrogen (secondary N) is 1. The Balaban J connectivity index is 1.44. The van der Waals surface area contributed by atoms with Crippen LogP contribution >= 0.6 is 0 Å². The SMILES string of the molecule is N#C/C(=C\c1ccc2cc(N3CCCCC3)ccc2c1)C(=O)NCC1CC(O)CC(O)O1. The molecule has 2 saturated heterocycles. The summed E-state index contributed by atoms with van der Waals surface area (Å²) in [5, 5.41) is 33.6. The van der Waals surface area contributed by atoms with Crippen molar-refractivity contribution in [3.05, 3.63) is 47.5 Å². The fourth-order valence-corrected chi connectivity index (χ4v) is 4.40. The molecular weight excluding hydrogens is 406 g/mol. The summed E-state index contributed by atoms with van der Waals surface area (Å²) in [6.45, 7) is 2.30. The summed E-state index contributed by atoms with van der Waals surface area (Å²) in [6.07, 6.45) is 3.61. The zero-order valence-corrected chi connectivity index (χ0v) is 18.0. The number of nitrogens with zero attached hydrogens (tertiary/aromatic N) is 2. The minimum absolute atomic E-state index is 0.00815. The van der Waals surface area contributed by atoms with Gasteiger partial charge >= 0.3 is 0 Å². The van der Waals surface area contributed by atoms with E-state index in [1.165, 1.54) is 24.9 Å². The maximum Gasteiger partial charge on any atom is 0.262 e. The number of nitriles is 1. The summed E-state index contributed by atoms with van der Waals surface area (Å²) in [7, 11) is 0. The Kier molecular flexibility index (Phi) is 7.05. The van der Waals surface area contributed by atoms with Gasteiger partial charge in [-0.2, -0.15) is 5.26 Å². The molecule has 0 aromatic heterocycles. The highest BCUT2D eigenvalue weighted by Crippen LogP contribution is 2.26. The smallest absolute Gasteiger partial charge is 0.262 e. The number of aliphatic hydroxyl groups excluding tert-OH is 2. The van der Waals surface area contributed by atoms with Crippen molar-refractivity contribution in [3.63, 3.8) is 0 Å². The van der Waals surface area contributed by atoms with Crippen molar-refractivity contribution in [3.8, 4) is 6.07 Å². The molecule has 2 fully saturated rings. The number of benzene rings is 2. The highest BCUT2D eigenvalue weighted by molar-refractivity contribution is 6.02. The minimum atomic E-state index is -1.04. The van der Waals surface area contributed by atoms with Crippen LogP contribution in [0.15, 0.2) is 42.0 Å². The van der Waals surface area contributed by atoms with Crippen molar-refractivity contribution in [2.45, 2.75) is 50.6 Å². The first-order valence-electron chi connectivity index (χ1n) is 11.2. The van der Waals surface area contributed by atoms with Gasteiger partial charge in [-0.25, -0.2) is 0 Å². The molecule has 7 nitrogen and oxygen atoms in total. The maximum absolute atomic E-state index is 12.5. The number of fused-ring (bicyclic) bond motifs is 1. The van der Waals surface area contributed by atoms with Crippen LogP contribution < -0.4 is 10.2 Å². The molecule has 2 aromatic carbocycles. The number of hydrogen-bond donors (Lipinski definition) is 3. The molecule has 0 saturated carbocycles. The zero-order valence-electron chi connectivity index (χ0n) is 18.0. The number of carbonyl (C=O) groups is 1. The van der Waals surface area contributed by atoms with E-state index >= 15 is 0 Å². The maximum atomic E-state index is 12.5. The molecule has 0 bridgehead atoms. The Bertz CT molecular complexity index is 1030. The Morgan fingerprint density at radius 3 is 2.62 bits per heavy atom. The molecule has 2 aromatic rings. The monoisotopic (exact) mass is 435 g/mol. The van der Waals surface area contributed by atoms with Crippen molar-refractivity contribution in [1.82, 2.24) is 5.32 Å². The Morgan fingerprint density at radius 1 is 1.12 bits per heavy atom. The van der Waals surface area contributed by atoms with Crippen molar-refractivity contribution < 1.29 is 19.7 Å². The molecule has 32 heavy (non-hydrogen) atoms. The standard InChI is InChI=1S/C25H29N3O4/c26-15-20(25(31)27-16-23-13-22(29)14-24(30)32-23)11-17-4-5-19-12-21(7-6-18(19)10-17)28-8-2-1-3-9-28/h4-7,10-12,22-24,29-30H,1-3,8-9,13-14,16H2,(H,27,31)/b20-11+. The van der Waals surface area contributed by atoms with E-state index in [2.05, 4.69) is 28.4 Å². The predicted octanol–water partition coefficient (Wildman–Crippen LogP) is 2.71. The number of rotatable bonds is 5. The van der Waals surface area contributed by atoms with E-state index in [1.807, 2.05) is 24.3 Å². The van der Waals surface area contributed by atoms with Gasteiger partial charge in [0.05, 0.1) is 12.2 Å². The molecule has 2 aliphatic heterocycles. The van der Waals surface area contributed by atoms with Gasteiger partial charge in [-0.1, -0.05) is 18.2 Å². The lowest BCUT2D eigenvalue weighted by atomic mass is 10.0. The minimum Gasteiger partial charge on any atom is -0.393 e. The first-order chi connectivity index (χ1) is 15.5. The molecular formula is C25H29N3O4. The summed E-state index contributed by atoms with van der Waals surface area (Å²) >= 11 is 0. The van der Waals surface area contributed by atoms with Gasteiger partial charge in [0, 0.05) is 38.2 Å². The molecule has 3 unspecified atom stereocenters. The average molecular weight is 436 g/mol. The van der Waals surface area contributed by atoms with Crippen LogP contribution in [-0.4, -0.2) is 54.3 Å². The summed E-state index contributed by atoms with van der Waals surface area (Å²) in [6, 6.07) is 14.3. The van der Waals surface area contributed by atoms with Crippen molar-refractivity contribution >= 4 is 28.4 Å². The molecule has 4 rings (SSSR count). The summed E-state index contributed by atoms with van der Waals surface area (Å²) in [5.41, 5.74) is 2.00. The number of piperidine rings is 1. The number of ether oxygens (including phenoxy) is 1. The van der Waals surface area contributed by atoms with Crippen molar-refractivity contribution in [2.75, 3.05) is 24.5 Å². The van der Waals surface area contributed by atoms with Crippen LogP contribution in [0.25, 0.3) is 16.8 Å². The quantitative estimate of drug-likeness (QED) is 0.493. The number of anilines is 1. The number of hydrogen-bond acceptors (Lipinski definition) is 6. The Morgan fingerprint density at radius 2 is 1.88 bits per heavy atom. The third-order valence-electron chi connectivity index (χ3n) is 6.09. The second kappa shape index (κ2) is 10.1. The number of amides is 1. The van der Waals surface area contributed by atoms with Gasteiger partial charge in [-0.05, 0) is 59.9 Å². The summed E-state index contributed by atoms with van der Waals surface area (Å²) in [5.74, 6) is -0.508. The first-order valence-corrected chi connectivity index (χ1v) is 11.2. The molecule has 0 radical (unpaired) electrons. The molecule has 0 spiro atoms. The fourth-order valence-electron chi connectivity index (χ4n) is 4.40. The van der Waals surface area contributed by atoms with Gasteiger partial charge in [-0.15, -0.1) is 0 Å². The van der Waals surface area contributed by atoms with E-state index in [0.717, 1.165) is 29.4 Å². The Hall–Kier alpha value is -2.92. The van der Waals surface area contributed by atoms with Gasteiger partial charge in [0.1, 0.15) is 11.6 Å². The van der Waals surface area contributed by atoms with Gasteiger partial charge in [-0.3, -0.25) is 4.79 Å². The van der Waals surface area contributed by atoms with Gasteiger partial charge in [0.15, 0.2) is 6.29 Å². The van der Waals surface area contributed by atoms with Crippen LogP contribution in [0.4, 0.5) is 5.69 Å². The van der Waals surface area contributed by atoms with E-state index in [4.69, 9.17) is 4.74 Å². The number of aliphatic hydroxyl groups is 2. The van der Waals surface area contributed by atoms with E-state index < -0.39 is 24.4 Å². The van der Waals surface area contributed by atoms with Gasteiger partial charge in [0.2, 0.25) is 0 Å². The average Bonchev–Trinajstić information content (AvgIpc) is 2.80. The highest BCUT2D eigenvalue weighted by atomic mass is 16.6. The molecule has 168 valence electrons. The summed E-state index contributed by atoms with van der Waals surface area (Å²) in [4.78, 5) is 14.9. The third-order valence-corrected chi connectivity index (χ3v) is 6.09. The lowest BCUT2D eigenvalue weighted by Gasteiger charge is -2.30. The van der Waals surface area contributed by atoms with Crippen LogP contribution in [0.3, 0.4) is 0 Å². The van der Waals surface area contributed by atoms with Crippen LogP contribution in [0.5, 0.6) is 0 Å². The molecule has 3 atom stereocenters. The molecule has 3 N–H and O–H groups in total.